The van der Waals surface area contributed by atoms with Gasteiger partial charge in [0, 0.05) is 0 Å². The Labute approximate surface area is 108 Å². The zero-order valence-electron chi connectivity index (χ0n) is 10.4. The molecule has 0 aromatic heterocycles. The summed E-state index contributed by atoms with van der Waals surface area (Å²) in [6, 6.07) is 6.13. The first-order chi connectivity index (χ1) is 7.38. The van der Waals surface area contributed by atoms with E-state index in [4.69, 9.17) is 4.74 Å². The van der Waals surface area contributed by atoms with Crippen LogP contribution in [0.15, 0.2) is 34.4 Å². The van der Waals surface area contributed by atoms with Gasteiger partial charge in [-0.05, 0) is 40.5 Å². The minimum absolute atomic E-state index is 0.645. The van der Waals surface area contributed by atoms with Crippen molar-refractivity contribution in [1.82, 2.24) is 0 Å². The standard InChI is InChI=1S/C13H19BrOSi/c1-11-6-7-13(12(14)10-11)15-8-5-9-16(2,3)4/h5-7,9-10H,8H2,1-4H3/b9-5+. The first kappa shape index (κ1) is 13.5. The fraction of sp³-hybridized carbons (Fsp3) is 0.385. The number of hydrogen-bond donors (Lipinski definition) is 0. The Bertz CT molecular complexity index is 380. The molecule has 1 nitrogen and oxygen atoms in total. The molecule has 0 bridgehead atoms. The monoisotopic (exact) mass is 298 g/mol. The quantitative estimate of drug-likeness (QED) is 0.740. The van der Waals surface area contributed by atoms with Gasteiger partial charge in [0.25, 0.3) is 0 Å². The number of aryl methyl sites for hydroxylation is 1. The lowest BCUT2D eigenvalue weighted by atomic mass is 10.2. The van der Waals surface area contributed by atoms with Gasteiger partial charge < -0.3 is 4.74 Å². The third-order valence-electron chi connectivity index (χ3n) is 2.04. The summed E-state index contributed by atoms with van der Waals surface area (Å²) in [4.78, 5) is 0. The molecule has 0 heterocycles. The molecule has 0 aliphatic carbocycles. The number of halogens is 1. The van der Waals surface area contributed by atoms with E-state index in [0.29, 0.717) is 6.61 Å². The van der Waals surface area contributed by atoms with E-state index < -0.39 is 8.07 Å². The van der Waals surface area contributed by atoms with Crippen LogP contribution in [0.5, 0.6) is 5.75 Å². The van der Waals surface area contributed by atoms with Crippen molar-refractivity contribution in [2.75, 3.05) is 6.61 Å². The average Bonchev–Trinajstić information content (AvgIpc) is 2.13. The number of rotatable bonds is 4. The SMILES string of the molecule is Cc1ccc(OC/C=C/[Si](C)(C)C)c(Br)c1. The summed E-state index contributed by atoms with van der Waals surface area (Å²) in [5, 5.41) is 0. The van der Waals surface area contributed by atoms with E-state index >= 15 is 0 Å². The molecule has 0 saturated heterocycles. The molecule has 0 radical (unpaired) electrons. The second kappa shape index (κ2) is 5.69. The summed E-state index contributed by atoms with van der Waals surface area (Å²) in [5.41, 5.74) is 3.53. The van der Waals surface area contributed by atoms with Crippen LogP contribution in [-0.4, -0.2) is 14.7 Å². The van der Waals surface area contributed by atoms with Crippen molar-refractivity contribution in [2.24, 2.45) is 0 Å². The van der Waals surface area contributed by atoms with Crippen LogP contribution in [0.25, 0.3) is 0 Å². The maximum Gasteiger partial charge on any atom is 0.133 e. The molecular formula is C13H19BrOSi. The molecule has 0 saturated carbocycles. The molecule has 0 spiro atoms. The molecule has 0 aliphatic heterocycles. The molecule has 1 aromatic rings. The zero-order valence-corrected chi connectivity index (χ0v) is 13.0. The predicted molar refractivity (Wildman–Crippen MR) is 76.9 cm³/mol. The molecular weight excluding hydrogens is 280 g/mol. The Hall–Kier alpha value is -0.543. The van der Waals surface area contributed by atoms with E-state index in [-0.39, 0.29) is 0 Å². The van der Waals surface area contributed by atoms with E-state index in [1.165, 1.54) is 5.56 Å². The molecule has 0 aliphatic rings. The van der Waals surface area contributed by atoms with Gasteiger partial charge in [0.2, 0.25) is 0 Å². The summed E-state index contributed by atoms with van der Waals surface area (Å²) in [6.07, 6.45) is 2.12. The van der Waals surface area contributed by atoms with Crippen LogP contribution in [-0.2, 0) is 0 Å². The molecule has 0 unspecified atom stereocenters. The van der Waals surface area contributed by atoms with Gasteiger partial charge in [-0.25, -0.2) is 0 Å². The van der Waals surface area contributed by atoms with Crippen molar-refractivity contribution >= 4 is 24.0 Å². The second-order valence-corrected chi connectivity index (χ2v) is 10.9. The second-order valence-electron chi connectivity index (χ2n) is 5.01. The Morgan fingerprint density at radius 1 is 1.31 bits per heavy atom. The lowest BCUT2D eigenvalue weighted by molar-refractivity contribution is 0.360. The third kappa shape index (κ3) is 4.99. The molecule has 16 heavy (non-hydrogen) atoms. The molecule has 0 amide bonds. The highest BCUT2D eigenvalue weighted by Crippen LogP contribution is 2.25. The van der Waals surface area contributed by atoms with Gasteiger partial charge in [-0.2, -0.15) is 0 Å². The van der Waals surface area contributed by atoms with Crippen molar-refractivity contribution in [3.8, 4) is 5.75 Å². The smallest absolute Gasteiger partial charge is 0.133 e. The topological polar surface area (TPSA) is 9.23 Å². The first-order valence-electron chi connectivity index (χ1n) is 5.45. The van der Waals surface area contributed by atoms with Crippen molar-refractivity contribution < 1.29 is 4.74 Å². The van der Waals surface area contributed by atoms with E-state index in [1.807, 2.05) is 6.07 Å². The van der Waals surface area contributed by atoms with Crippen LogP contribution in [0, 0.1) is 6.92 Å². The van der Waals surface area contributed by atoms with E-state index in [2.05, 4.69) is 66.4 Å². The summed E-state index contributed by atoms with van der Waals surface area (Å²) in [7, 11) is -1.09. The zero-order chi connectivity index (χ0) is 12.2. The number of hydrogen-bond acceptors (Lipinski definition) is 1. The molecule has 3 heteroatoms. The van der Waals surface area contributed by atoms with Gasteiger partial charge in [-0.1, -0.05) is 37.5 Å². The largest absolute Gasteiger partial charge is 0.488 e. The Morgan fingerprint density at radius 2 is 2.00 bits per heavy atom. The highest BCUT2D eigenvalue weighted by Gasteiger charge is 2.06. The Morgan fingerprint density at radius 3 is 2.56 bits per heavy atom. The van der Waals surface area contributed by atoms with Gasteiger partial charge in [0.05, 0.1) is 12.5 Å². The molecule has 1 aromatic carbocycles. The van der Waals surface area contributed by atoms with Crippen molar-refractivity contribution in [2.45, 2.75) is 26.6 Å². The van der Waals surface area contributed by atoms with Crippen LogP contribution in [0.1, 0.15) is 5.56 Å². The van der Waals surface area contributed by atoms with Crippen LogP contribution in [0.2, 0.25) is 19.6 Å². The fourth-order valence-corrected chi connectivity index (χ4v) is 2.67. The lowest BCUT2D eigenvalue weighted by Crippen LogP contribution is -2.15. The summed E-state index contributed by atoms with van der Waals surface area (Å²) in [5.74, 6) is 0.908. The molecule has 0 N–H and O–H groups in total. The maximum absolute atomic E-state index is 5.68. The minimum Gasteiger partial charge on any atom is -0.488 e. The van der Waals surface area contributed by atoms with E-state index in [9.17, 15) is 0 Å². The van der Waals surface area contributed by atoms with Gasteiger partial charge in [0.15, 0.2) is 0 Å². The van der Waals surface area contributed by atoms with Gasteiger partial charge in [-0.15, -0.1) is 0 Å². The lowest BCUT2D eigenvalue weighted by Gasteiger charge is -2.09. The van der Waals surface area contributed by atoms with Crippen LogP contribution in [0.4, 0.5) is 0 Å². The molecule has 88 valence electrons. The Balaban J connectivity index is 2.53. The third-order valence-corrected chi connectivity index (χ3v) is 3.90. The van der Waals surface area contributed by atoms with Gasteiger partial charge in [0.1, 0.15) is 12.4 Å². The van der Waals surface area contributed by atoms with Crippen LogP contribution < -0.4 is 4.74 Å². The highest BCUT2D eigenvalue weighted by atomic mass is 79.9. The predicted octanol–water partition coefficient (Wildman–Crippen LogP) is 4.57. The van der Waals surface area contributed by atoms with E-state index in [1.54, 1.807) is 0 Å². The molecule has 0 fully saturated rings. The highest BCUT2D eigenvalue weighted by molar-refractivity contribution is 9.10. The number of ether oxygens (including phenoxy) is 1. The van der Waals surface area contributed by atoms with Gasteiger partial charge >= 0.3 is 0 Å². The van der Waals surface area contributed by atoms with Crippen molar-refractivity contribution in [3.05, 3.63) is 40.0 Å². The normalized spacial score (nSPS) is 12.1. The molecule has 0 atom stereocenters. The minimum atomic E-state index is -1.09. The summed E-state index contributed by atoms with van der Waals surface area (Å²) < 4.78 is 6.70. The number of benzene rings is 1. The summed E-state index contributed by atoms with van der Waals surface area (Å²) in [6.45, 7) is 9.65. The van der Waals surface area contributed by atoms with Crippen molar-refractivity contribution in [1.29, 1.82) is 0 Å². The van der Waals surface area contributed by atoms with Crippen LogP contribution >= 0.6 is 15.9 Å². The van der Waals surface area contributed by atoms with Gasteiger partial charge in [-0.3, -0.25) is 0 Å². The average molecular weight is 299 g/mol. The maximum atomic E-state index is 5.68. The van der Waals surface area contributed by atoms with Crippen LogP contribution in [0.3, 0.4) is 0 Å². The molecule has 1 rings (SSSR count). The first-order valence-corrected chi connectivity index (χ1v) is 9.82. The van der Waals surface area contributed by atoms with E-state index in [0.717, 1.165) is 10.2 Å². The van der Waals surface area contributed by atoms with Crippen molar-refractivity contribution in [3.63, 3.8) is 0 Å². The summed E-state index contributed by atoms with van der Waals surface area (Å²) >= 11 is 3.50. The fourth-order valence-electron chi connectivity index (χ4n) is 1.26. The Kier molecular flexibility index (Phi) is 4.81.